The summed E-state index contributed by atoms with van der Waals surface area (Å²) in [7, 11) is 0. The summed E-state index contributed by atoms with van der Waals surface area (Å²) in [5, 5.41) is 0. The fourth-order valence-corrected chi connectivity index (χ4v) is 8.01. The van der Waals surface area contributed by atoms with Gasteiger partial charge in [-0.25, -0.2) is 0 Å². The lowest BCUT2D eigenvalue weighted by Crippen LogP contribution is -2.30. The first kappa shape index (κ1) is 57.4. The van der Waals surface area contributed by atoms with Crippen LogP contribution in [-0.4, -0.2) is 37.2 Å². The van der Waals surface area contributed by atoms with E-state index < -0.39 is 6.10 Å². The maximum absolute atomic E-state index is 12.8. The third-order valence-electron chi connectivity index (χ3n) is 12.4. The van der Waals surface area contributed by atoms with Crippen molar-refractivity contribution >= 4 is 17.9 Å². The summed E-state index contributed by atoms with van der Waals surface area (Å²) in [6.07, 6.45) is 49.5. The predicted molar refractivity (Wildman–Crippen MR) is 252 cm³/mol. The van der Waals surface area contributed by atoms with E-state index in [1.807, 2.05) is 0 Å². The average Bonchev–Trinajstić information content (AvgIpc) is 3.23. The summed E-state index contributed by atoms with van der Waals surface area (Å²) in [6, 6.07) is 0. The van der Waals surface area contributed by atoms with Gasteiger partial charge in [0, 0.05) is 19.3 Å². The summed E-state index contributed by atoms with van der Waals surface area (Å²) < 4.78 is 16.8. The van der Waals surface area contributed by atoms with Gasteiger partial charge in [0.2, 0.25) is 0 Å². The van der Waals surface area contributed by atoms with Crippen molar-refractivity contribution in [3.63, 3.8) is 0 Å². The fraction of sp³-hybridized carbons (Fsp3) is 0.943. The van der Waals surface area contributed by atoms with E-state index in [-0.39, 0.29) is 31.1 Å². The molecule has 0 N–H and O–H groups in total. The molecule has 0 aromatic carbocycles. The minimum absolute atomic E-state index is 0.0635. The minimum atomic E-state index is -0.761. The molecule has 0 saturated carbocycles. The first-order valence-electron chi connectivity index (χ1n) is 26.4. The van der Waals surface area contributed by atoms with E-state index in [0.29, 0.717) is 19.3 Å². The number of esters is 3. The molecule has 0 rings (SSSR count). The molecule has 6 heteroatoms. The molecule has 0 heterocycles. The van der Waals surface area contributed by atoms with E-state index in [4.69, 9.17) is 14.2 Å². The lowest BCUT2D eigenvalue weighted by Gasteiger charge is -2.18. The summed E-state index contributed by atoms with van der Waals surface area (Å²) in [6.45, 7) is 9.00. The minimum Gasteiger partial charge on any atom is -0.462 e. The van der Waals surface area contributed by atoms with Crippen LogP contribution < -0.4 is 0 Å². The van der Waals surface area contributed by atoms with Gasteiger partial charge in [0.25, 0.3) is 0 Å². The smallest absolute Gasteiger partial charge is 0.306 e. The summed E-state index contributed by atoms with van der Waals surface area (Å²) >= 11 is 0. The van der Waals surface area contributed by atoms with Gasteiger partial charge in [0.1, 0.15) is 13.2 Å². The Morgan fingerprint density at radius 3 is 0.881 bits per heavy atom. The average molecular weight is 835 g/mol. The molecule has 0 aromatic rings. The second kappa shape index (κ2) is 47.5. The molecule has 0 aliphatic rings. The molecule has 0 saturated heterocycles. The maximum Gasteiger partial charge on any atom is 0.306 e. The highest BCUT2D eigenvalue weighted by Gasteiger charge is 2.19. The SMILES string of the molecule is CCCCCCCCCCCCCCCCCCCCCC(=O)O[C@H](COC(=O)CCCCCCCCCCCCCC)COC(=O)CCCCCCCCC(C)CC. The Morgan fingerprint density at radius 2 is 0.593 bits per heavy atom. The largest absolute Gasteiger partial charge is 0.462 e. The Morgan fingerprint density at radius 1 is 0.339 bits per heavy atom. The van der Waals surface area contributed by atoms with Gasteiger partial charge < -0.3 is 14.2 Å². The molecule has 2 atom stereocenters. The highest BCUT2D eigenvalue weighted by Crippen LogP contribution is 2.18. The molecule has 0 aromatic heterocycles. The van der Waals surface area contributed by atoms with Crippen LogP contribution in [-0.2, 0) is 28.6 Å². The second-order valence-corrected chi connectivity index (χ2v) is 18.4. The van der Waals surface area contributed by atoms with Crippen LogP contribution in [0.2, 0.25) is 0 Å². The van der Waals surface area contributed by atoms with Gasteiger partial charge in [-0.3, -0.25) is 14.4 Å². The van der Waals surface area contributed by atoms with E-state index >= 15 is 0 Å². The van der Waals surface area contributed by atoms with Crippen molar-refractivity contribution in [2.24, 2.45) is 5.92 Å². The van der Waals surface area contributed by atoms with Gasteiger partial charge >= 0.3 is 17.9 Å². The number of hydrogen-bond acceptors (Lipinski definition) is 6. The standard InChI is InChI=1S/C53H102O6/c1-5-8-10-12-14-16-18-20-21-22-23-24-25-26-28-30-32-38-42-46-53(56)59-50(48-58-52(55)45-41-37-34-33-35-39-43-49(4)7-3)47-57-51(54)44-40-36-31-29-27-19-17-15-13-11-9-6-2/h49-50H,5-48H2,1-4H3/t49?,50-/m1/s1. The van der Waals surface area contributed by atoms with Crippen LogP contribution in [0.15, 0.2) is 0 Å². The Balaban J connectivity index is 4.25. The van der Waals surface area contributed by atoms with Crippen molar-refractivity contribution in [3.8, 4) is 0 Å². The van der Waals surface area contributed by atoms with Gasteiger partial charge in [-0.1, -0.05) is 259 Å². The van der Waals surface area contributed by atoms with Crippen molar-refractivity contribution in [1.82, 2.24) is 0 Å². The van der Waals surface area contributed by atoms with Crippen LogP contribution in [0.1, 0.15) is 297 Å². The van der Waals surface area contributed by atoms with Crippen molar-refractivity contribution in [3.05, 3.63) is 0 Å². The molecule has 0 aliphatic heterocycles. The van der Waals surface area contributed by atoms with Crippen molar-refractivity contribution < 1.29 is 28.6 Å². The number of rotatable bonds is 48. The molecule has 0 fully saturated rings. The number of ether oxygens (including phenoxy) is 3. The Hall–Kier alpha value is -1.59. The van der Waals surface area contributed by atoms with Crippen LogP contribution >= 0.6 is 0 Å². The van der Waals surface area contributed by atoms with Crippen molar-refractivity contribution in [1.29, 1.82) is 0 Å². The van der Waals surface area contributed by atoms with Crippen LogP contribution in [0.25, 0.3) is 0 Å². The highest BCUT2D eigenvalue weighted by molar-refractivity contribution is 5.71. The molecular weight excluding hydrogens is 733 g/mol. The first-order chi connectivity index (χ1) is 28.9. The van der Waals surface area contributed by atoms with E-state index in [2.05, 4.69) is 27.7 Å². The lowest BCUT2D eigenvalue weighted by atomic mass is 10.00. The number of carbonyl (C=O) groups excluding carboxylic acids is 3. The molecule has 0 aliphatic carbocycles. The zero-order chi connectivity index (χ0) is 43.1. The zero-order valence-electron chi connectivity index (χ0n) is 40.2. The molecular formula is C53H102O6. The molecule has 0 amide bonds. The van der Waals surface area contributed by atoms with E-state index in [1.54, 1.807) is 0 Å². The molecule has 1 unspecified atom stereocenters. The normalized spacial score (nSPS) is 12.4. The second-order valence-electron chi connectivity index (χ2n) is 18.4. The number of unbranched alkanes of at least 4 members (excludes halogenated alkanes) is 34. The van der Waals surface area contributed by atoms with E-state index in [9.17, 15) is 14.4 Å². The third kappa shape index (κ3) is 45.8. The number of hydrogen-bond donors (Lipinski definition) is 0. The van der Waals surface area contributed by atoms with Crippen LogP contribution in [0.5, 0.6) is 0 Å². The summed E-state index contributed by atoms with van der Waals surface area (Å²) in [5.41, 5.74) is 0. The first-order valence-corrected chi connectivity index (χ1v) is 26.4. The van der Waals surface area contributed by atoms with Crippen molar-refractivity contribution in [2.45, 2.75) is 303 Å². The van der Waals surface area contributed by atoms with Gasteiger partial charge in [-0.15, -0.1) is 0 Å². The number of carbonyl (C=O) groups is 3. The molecule has 0 bridgehead atoms. The van der Waals surface area contributed by atoms with E-state index in [1.165, 1.54) is 193 Å². The summed E-state index contributed by atoms with van der Waals surface area (Å²) in [5.74, 6) is -0.0331. The maximum atomic E-state index is 12.8. The third-order valence-corrected chi connectivity index (χ3v) is 12.4. The van der Waals surface area contributed by atoms with Gasteiger partial charge in [-0.05, 0) is 25.2 Å². The summed E-state index contributed by atoms with van der Waals surface area (Å²) in [4.78, 5) is 37.9. The molecule has 350 valence electrons. The molecule has 0 radical (unpaired) electrons. The quantitative estimate of drug-likeness (QED) is 0.0345. The fourth-order valence-electron chi connectivity index (χ4n) is 8.01. The zero-order valence-corrected chi connectivity index (χ0v) is 40.2. The molecule has 6 nitrogen and oxygen atoms in total. The highest BCUT2D eigenvalue weighted by atomic mass is 16.6. The van der Waals surface area contributed by atoms with Gasteiger partial charge in [0.15, 0.2) is 6.10 Å². The topological polar surface area (TPSA) is 78.9 Å². The monoisotopic (exact) mass is 835 g/mol. The molecule has 0 spiro atoms. The van der Waals surface area contributed by atoms with E-state index in [0.717, 1.165) is 63.7 Å². The molecule has 59 heavy (non-hydrogen) atoms. The predicted octanol–water partition coefficient (Wildman–Crippen LogP) is 17.1. The van der Waals surface area contributed by atoms with Crippen LogP contribution in [0.3, 0.4) is 0 Å². The Bertz CT molecular complexity index is 889. The Kier molecular flexibility index (Phi) is 46.2. The van der Waals surface area contributed by atoms with Crippen LogP contribution in [0, 0.1) is 5.92 Å². The Labute approximate surface area is 368 Å². The lowest BCUT2D eigenvalue weighted by molar-refractivity contribution is -0.167. The van der Waals surface area contributed by atoms with Crippen molar-refractivity contribution in [2.75, 3.05) is 13.2 Å². The van der Waals surface area contributed by atoms with Gasteiger partial charge in [0.05, 0.1) is 0 Å². The van der Waals surface area contributed by atoms with Crippen LogP contribution in [0.4, 0.5) is 0 Å². The van der Waals surface area contributed by atoms with Gasteiger partial charge in [-0.2, -0.15) is 0 Å².